The molecule has 19 heavy (non-hydrogen) atoms. The highest BCUT2D eigenvalue weighted by Crippen LogP contribution is 2.25. The molecule has 1 aromatic rings. The van der Waals surface area contributed by atoms with Gasteiger partial charge in [0.2, 0.25) is 10.0 Å². The Balaban J connectivity index is 3.42. The smallest absolute Gasteiger partial charge is 0.258 e. The van der Waals surface area contributed by atoms with Crippen molar-refractivity contribution in [1.29, 1.82) is 5.26 Å². The van der Waals surface area contributed by atoms with E-state index in [1.165, 1.54) is 13.0 Å². The molecule has 0 aliphatic carbocycles. The van der Waals surface area contributed by atoms with Crippen LogP contribution in [0.5, 0.6) is 0 Å². The summed E-state index contributed by atoms with van der Waals surface area (Å²) in [5.74, 6) is 0. The first kappa shape index (κ1) is 15.1. The van der Waals surface area contributed by atoms with Crippen molar-refractivity contribution in [3.05, 3.63) is 33.4 Å². The van der Waals surface area contributed by atoms with Crippen LogP contribution in [0.15, 0.2) is 17.0 Å². The molecule has 1 N–H and O–H groups in total. The maximum atomic E-state index is 12.1. The molecular formula is C11H13N3O4S. The van der Waals surface area contributed by atoms with Crippen molar-refractivity contribution in [2.24, 2.45) is 0 Å². The van der Waals surface area contributed by atoms with Crippen molar-refractivity contribution in [2.45, 2.75) is 31.7 Å². The molecule has 0 saturated carbocycles. The van der Waals surface area contributed by atoms with Crippen LogP contribution in [0.4, 0.5) is 5.69 Å². The van der Waals surface area contributed by atoms with Crippen LogP contribution in [0.2, 0.25) is 0 Å². The molecule has 1 atom stereocenters. The zero-order chi connectivity index (χ0) is 14.8. The van der Waals surface area contributed by atoms with E-state index in [0.29, 0.717) is 11.1 Å². The van der Waals surface area contributed by atoms with Crippen LogP contribution in [0.25, 0.3) is 0 Å². The van der Waals surface area contributed by atoms with Crippen LogP contribution in [0, 0.1) is 35.3 Å². The van der Waals surface area contributed by atoms with Gasteiger partial charge in [0.05, 0.1) is 15.9 Å². The van der Waals surface area contributed by atoms with Crippen LogP contribution < -0.4 is 4.72 Å². The second-order valence-electron chi connectivity index (χ2n) is 4.11. The monoisotopic (exact) mass is 283 g/mol. The summed E-state index contributed by atoms with van der Waals surface area (Å²) in [5.41, 5.74) is 0.621. The summed E-state index contributed by atoms with van der Waals surface area (Å²) >= 11 is 0. The van der Waals surface area contributed by atoms with E-state index in [4.69, 9.17) is 5.26 Å². The molecule has 1 unspecified atom stereocenters. The van der Waals surface area contributed by atoms with Crippen LogP contribution in [-0.2, 0) is 10.0 Å². The van der Waals surface area contributed by atoms with E-state index in [1.807, 2.05) is 0 Å². The number of rotatable bonds is 4. The van der Waals surface area contributed by atoms with Crippen molar-refractivity contribution in [2.75, 3.05) is 0 Å². The third-order valence-electron chi connectivity index (χ3n) is 2.63. The number of aryl methyl sites for hydroxylation is 1. The van der Waals surface area contributed by atoms with Crippen LogP contribution >= 0.6 is 0 Å². The number of nitriles is 1. The highest BCUT2D eigenvalue weighted by molar-refractivity contribution is 7.89. The molecule has 0 radical (unpaired) electrons. The summed E-state index contributed by atoms with van der Waals surface area (Å²) in [6, 6.07) is 3.13. The van der Waals surface area contributed by atoms with Crippen molar-refractivity contribution in [1.82, 2.24) is 4.72 Å². The number of benzene rings is 1. The van der Waals surface area contributed by atoms with Gasteiger partial charge in [-0.15, -0.1) is 0 Å². The Morgan fingerprint density at radius 1 is 1.42 bits per heavy atom. The summed E-state index contributed by atoms with van der Waals surface area (Å²) < 4.78 is 26.3. The van der Waals surface area contributed by atoms with Gasteiger partial charge in [-0.2, -0.15) is 9.98 Å². The third-order valence-corrected chi connectivity index (χ3v) is 4.30. The van der Waals surface area contributed by atoms with E-state index in [0.717, 1.165) is 6.07 Å². The minimum absolute atomic E-state index is 0.179. The maximum Gasteiger partial charge on any atom is 0.271 e. The fourth-order valence-corrected chi connectivity index (χ4v) is 3.00. The Bertz CT molecular complexity index is 661. The van der Waals surface area contributed by atoms with Crippen molar-refractivity contribution < 1.29 is 13.3 Å². The van der Waals surface area contributed by atoms with Gasteiger partial charge in [0.1, 0.15) is 6.04 Å². The van der Waals surface area contributed by atoms with E-state index in [9.17, 15) is 18.5 Å². The van der Waals surface area contributed by atoms with E-state index < -0.39 is 21.0 Å². The first-order chi connectivity index (χ1) is 8.69. The van der Waals surface area contributed by atoms with Gasteiger partial charge in [-0.3, -0.25) is 10.1 Å². The summed E-state index contributed by atoms with van der Waals surface area (Å²) in [6.45, 7) is 4.54. The minimum Gasteiger partial charge on any atom is -0.258 e. The number of nitro benzene ring substituents is 1. The lowest BCUT2D eigenvalue weighted by Crippen LogP contribution is -2.32. The summed E-state index contributed by atoms with van der Waals surface area (Å²) in [4.78, 5) is 9.93. The second-order valence-corrected chi connectivity index (χ2v) is 5.80. The highest BCUT2D eigenvalue weighted by Gasteiger charge is 2.23. The van der Waals surface area contributed by atoms with Gasteiger partial charge < -0.3 is 0 Å². The minimum atomic E-state index is -3.96. The molecular weight excluding hydrogens is 270 g/mol. The molecule has 0 heterocycles. The number of sulfonamides is 1. The molecule has 0 aliphatic heterocycles. The van der Waals surface area contributed by atoms with Crippen LogP contribution in [0.3, 0.4) is 0 Å². The molecule has 7 nitrogen and oxygen atoms in total. The van der Waals surface area contributed by atoms with E-state index in [-0.39, 0.29) is 10.6 Å². The largest absolute Gasteiger partial charge is 0.271 e. The summed E-state index contributed by atoms with van der Waals surface area (Å²) in [7, 11) is -3.96. The Morgan fingerprint density at radius 3 is 2.47 bits per heavy atom. The zero-order valence-corrected chi connectivity index (χ0v) is 11.5. The zero-order valence-electron chi connectivity index (χ0n) is 10.7. The first-order valence-electron chi connectivity index (χ1n) is 5.36. The number of non-ortho nitro benzene ring substituents is 1. The fourth-order valence-electron chi connectivity index (χ4n) is 1.52. The number of hydrogen-bond donors (Lipinski definition) is 1. The molecule has 0 aliphatic rings. The summed E-state index contributed by atoms with van der Waals surface area (Å²) in [5, 5.41) is 19.4. The lowest BCUT2D eigenvalue weighted by Gasteiger charge is -2.12. The number of nitrogens with zero attached hydrogens (tertiary/aromatic N) is 2. The normalized spacial score (nSPS) is 12.7. The lowest BCUT2D eigenvalue weighted by molar-refractivity contribution is -0.385. The quantitative estimate of drug-likeness (QED) is 0.662. The average Bonchev–Trinajstić information content (AvgIpc) is 2.31. The fraction of sp³-hybridized carbons (Fsp3) is 0.364. The van der Waals surface area contributed by atoms with Crippen LogP contribution in [-0.4, -0.2) is 19.4 Å². The molecule has 0 aromatic heterocycles. The molecule has 0 fully saturated rings. The van der Waals surface area contributed by atoms with Gasteiger partial charge in [-0.1, -0.05) is 0 Å². The third kappa shape index (κ3) is 3.27. The Morgan fingerprint density at radius 2 is 2.00 bits per heavy atom. The van der Waals surface area contributed by atoms with Gasteiger partial charge in [0.25, 0.3) is 5.69 Å². The molecule has 1 aromatic carbocycles. The predicted octanol–water partition coefficient (Wildman–Crippen LogP) is 1.40. The van der Waals surface area contributed by atoms with Crippen molar-refractivity contribution >= 4 is 15.7 Å². The highest BCUT2D eigenvalue weighted by atomic mass is 32.2. The standard InChI is InChI=1S/C11H13N3O4S/c1-7-4-10(14(15)16)5-11(9(7)3)19(17,18)13-8(2)6-12/h4-5,8,13H,1-3H3. The number of nitrogens with one attached hydrogen (secondary N) is 1. The average molecular weight is 283 g/mol. The molecule has 0 bridgehead atoms. The van der Waals surface area contributed by atoms with E-state index in [2.05, 4.69) is 4.72 Å². The van der Waals surface area contributed by atoms with Gasteiger partial charge in [-0.25, -0.2) is 8.42 Å². The summed E-state index contributed by atoms with van der Waals surface area (Å²) in [6.07, 6.45) is 0. The molecule has 0 spiro atoms. The number of nitro groups is 1. The van der Waals surface area contributed by atoms with Crippen molar-refractivity contribution in [3.63, 3.8) is 0 Å². The van der Waals surface area contributed by atoms with Crippen LogP contribution in [0.1, 0.15) is 18.1 Å². The lowest BCUT2D eigenvalue weighted by atomic mass is 10.1. The molecule has 8 heteroatoms. The molecule has 1 rings (SSSR count). The Labute approximate surface area is 111 Å². The predicted molar refractivity (Wildman–Crippen MR) is 68.0 cm³/mol. The van der Waals surface area contributed by atoms with Gasteiger partial charge in [0.15, 0.2) is 0 Å². The van der Waals surface area contributed by atoms with Gasteiger partial charge in [-0.05, 0) is 31.9 Å². The van der Waals surface area contributed by atoms with Crippen molar-refractivity contribution in [3.8, 4) is 6.07 Å². The topological polar surface area (TPSA) is 113 Å². The SMILES string of the molecule is Cc1cc([N+](=O)[O-])cc(S(=O)(=O)NC(C)C#N)c1C. The molecule has 0 amide bonds. The Hall–Kier alpha value is -1.98. The van der Waals surface area contributed by atoms with E-state index >= 15 is 0 Å². The Kier molecular flexibility index (Phi) is 4.24. The first-order valence-corrected chi connectivity index (χ1v) is 6.85. The molecule has 0 saturated heterocycles. The second kappa shape index (κ2) is 5.34. The maximum absolute atomic E-state index is 12.1. The van der Waals surface area contributed by atoms with E-state index in [1.54, 1.807) is 19.9 Å². The number of hydrogen-bond acceptors (Lipinski definition) is 5. The van der Waals surface area contributed by atoms with Gasteiger partial charge >= 0.3 is 0 Å². The molecule has 102 valence electrons. The van der Waals surface area contributed by atoms with Gasteiger partial charge in [0, 0.05) is 12.1 Å².